The fourth-order valence-electron chi connectivity index (χ4n) is 4.30. The summed E-state index contributed by atoms with van der Waals surface area (Å²) in [5.41, 5.74) is 4.47. The highest BCUT2D eigenvalue weighted by Gasteiger charge is 2.24. The molecule has 0 bridgehead atoms. The van der Waals surface area contributed by atoms with Crippen molar-refractivity contribution in [3.63, 3.8) is 0 Å². The van der Waals surface area contributed by atoms with E-state index in [1.54, 1.807) is 0 Å². The van der Waals surface area contributed by atoms with Gasteiger partial charge >= 0.3 is 0 Å². The van der Waals surface area contributed by atoms with Crippen molar-refractivity contribution >= 4 is 0 Å². The minimum atomic E-state index is -0.111. The highest BCUT2D eigenvalue weighted by molar-refractivity contribution is 5.59. The number of aryl methyl sites for hydroxylation is 1. The largest absolute Gasteiger partial charge is 0.379 e. The van der Waals surface area contributed by atoms with Crippen molar-refractivity contribution in [2.75, 3.05) is 46.4 Å². The molecule has 2 atom stereocenters. The van der Waals surface area contributed by atoms with Crippen LogP contribution in [0.3, 0.4) is 0 Å². The Morgan fingerprint density at radius 3 is 2.71 bits per heavy atom. The standard InChI is InChI=1S/C26H37N7O/c1-21-6-5-7-22(20-21)24-11-15-33(31-24)26(27-2)30-25(32-16-18-34-19-17-32)10-14-28-13-9-23-8-3-4-12-29-23/h3-8,11-12,15,20,25-28,30H,9-10,13-14,16-19H2,1-2H3. The number of hydrogen-bond acceptors (Lipinski definition) is 7. The number of aromatic nitrogens is 3. The van der Waals surface area contributed by atoms with E-state index in [1.807, 2.05) is 36.3 Å². The van der Waals surface area contributed by atoms with Gasteiger partial charge in [-0.25, -0.2) is 4.68 Å². The number of morpholine rings is 1. The van der Waals surface area contributed by atoms with Crippen LogP contribution >= 0.6 is 0 Å². The number of nitrogens with one attached hydrogen (secondary N) is 3. The van der Waals surface area contributed by atoms with Gasteiger partial charge in [-0.3, -0.25) is 20.5 Å². The maximum atomic E-state index is 5.59. The van der Waals surface area contributed by atoms with Gasteiger partial charge in [0.25, 0.3) is 0 Å². The molecule has 1 aliphatic heterocycles. The van der Waals surface area contributed by atoms with Crippen LogP contribution in [-0.4, -0.2) is 72.3 Å². The van der Waals surface area contributed by atoms with Crippen LogP contribution in [-0.2, 0) is 11.2 Å². The molecule has 0 amide bonds. The fraction of sp³-hybridized carbons (Fsp3) is 0.462. The summed E-state index contributed by atoms with van der Waals surface area (Å²) in [6.45, 7) is 7.35. The molecule has 1 aliphatic rings. The van der Waals surface area contributed by atoms with Gasteiger partial charge in [0.05, 0.1) is 25.1 Å². The molecule has 1 aromatic carbocycles. The summed E-state index contributed by atoms with van der Waals surface area (Å²) in [6, 6.07) is 16.6. The van der Waals surface area contributed by atoms with Crippen LogP contribution in [0, 0.1) is 6.92 Å². The third kappa shape index (κ3) is 6.94. The van der Waals surface area contributed by atoms with Crippen molar-refractivity contribution in [2.45, 2.75) is 32.2 Å². The van der Waals surface area contributed by atoms with E-state index in [9.17, 15) is 0 Å². The van der Waals surface area contributed by atoms with Crippen LogP contribution in [0.5, 0.6) is 0 Å². The zero-order valence-corrected chi connectivity index (χ0v) is 20.3. The minimum Gasteiger partial charge on any atom is -0.379 e. The first-order chi connectivity index (χ1) is 16.7. The van der Waals surface area contributed by atoms with Gasteiger partial charge in [-0.05, 0) is 51.2 Å². The first kappa shape index (κ1) is 24.5. The van der Waals surface area contributed by atoms with E-state index < -0.39 is 0 Å². The summed E-state index contributed by atoms with van der Waals surface area (Å²) < 4.78 is 7.57. The van der Waals surface area contributed by atoms with E-state index in [0.29, 0.717) is 0 Å². The molecular formula is C26H37N7O. The molecule has 0 saturated carbocycles. The number of ether oxygens (including phenoxy) is 1. The molecule has 2 unspecified atom stereocenters. The number of nitrogens with zero attached hydrogens (tertiary/aromatic N) is 4. The highest BCUT2D eigenvalue weighted by atomic mass is 16.5. The Bertz CT molecular complexity index is 988. The number of rotatable bonds is 12. The number of pyridine rings is 1. The average Bonchev–Trinajstić information content (AvgIpc) is 3.37. The van der Waals surface area contributed by atoms with Crippen LogP contribution in [0.25, 0.3) is 11.3 Å². The quantitative estimate of drug-likeness (QED) is 0.281. The molecule has 34 heavy (non-hydrogen) atoms. The summed E-state index contributed by atoms with van der Waals surface area (Å²) in [4.78, 5) is 6.88. The number of benzene rings is 1. The maximum Gasteiger partial charge on any atom is 0.156 e. The minimum absolute atomic E-state index is 0.111. The van der Waals surface area contributed by atoms with E-state index >= 15 is 0 Å². The predicted molar refractivity (Wildman–Crippen MR) is 135 cm³/mol. The summed E-state index contributed by atoms with van der Waals surface area (Å²) in [7, 11) is 1.97. The summed E-state index contributed by atoms with van der Waals surface area (Å²) >= 11 is 0. The number of hydrogen-bond donors (Lipinski definition) is 3. The molecule has 1 saturated heterocycles. The Balaban J connectivity index is 1.36. The van der Waals surface area contributed by atoms with Crippen molar-refractivity contribution in [2.24, 2.45) is 0 Å². The van der Waals surface area contributed by atoms with Gasteiger partial charge in [-0.1, -0.05) is 29.8 Å². The Morgan fingerprint density at radius 2 is 1.94 bits per heavy atom. The second kappa shape index (κ2) is 12.7. The Morgan fingerprint density at radius 1 is 1.06 bits per heavy atom. The first-order valence-corrected chi connectivity index (χ1v) is 12.2. The van der Waals surface area contributed by atoms with E-state index in [1.165, 1.54) is 5.56 Å². The summed E-state index contributed by atoms with van der Waals surface area (Å²) in [6.07, 6.45) is 5.89. The zero-order valence-electron chi connectivity index (χ0n) is 20.3. The Labute approximate surface area is 202 Å². The van der Waals surface area contributed by atoms with Gasteiger partial charge in [0, 0.05) is 49.7 Å². The van der Waals surface area contributed by atoms with Crippen LogP contribution < -0.4 is 16.0 Å². The first-order valence-electron chi connectivity index (χ1n) is 12.2. The zero-order chi connectivity index (χ0) is 23.6. The predicted octanol–water partition coefficient (Wildman–Crippen LogP) is 2.40. The van der Waals surface area contributed by atoms with Crippen molar-refractivity contribution < 1.29 is 4.74 Å². The fourth-order valence-corrected chi connectivity index (χ4v) is 4.30. The second-order valence-corrected chi connectivity index (χ2v) is 8.68. The molecule has 8 heteroatoms. The topological polar surface area (TPSA) is 79.3 Å². The lowest BCUT2D eigenvalue weighted by Crippen LogP contribution is -2.55. The van der Waals surface area contributed by atoms with Crippen molar-refractivity contribution in [1.82, 2.24) is 35.6 Å². The van der Waals surface area contributed by atoms with Crippen molar-refractivity contribution in [3.8, 4) is 11.3 Å². The molecule has 1 fully saturated rings. The Hall–Kier alpha value is -2.62. The van der Waals surface area contributed by atoms with E-state index in [4.69, 9.17) is 9.84 Å². The maximum absolute atomic E-state index is 5.59. The van der Waals surface area contributed by atoms with Crippen LogP contribution in [0.1, 0.15) is 24.0 Å². The van der Waals surface area contributed by atoms with Crippen LogP contribution in [0.15, 0.2) is 60.9 Å². The molecule has 3 heterocycles. The van der Waals surface area contributed by atoms with Gasteiger partial charge < -0.3 is 10.1 Å². The summed E-state index contributed by atoms with van der Waals surface area (Å²) in [5, 5.41) is 15.6. The lowest BCUT2D eigenvalue weighted by Gasteiger charge is -2.37. The third-order valence-electron chi connectivity index (χ3n) is 6.18. The molecule has 2 aromatic heterocycles. The van der Waals surface area contributed by atoms with E-state index in [0.717, 1.165) is 69.2 Å². The van der Waals surface area contributed by atoms with E-state index in [-0.39, 0.29) is 12.5 Å². The molecular weight excluding hydrogens is 426 g/mol. The normalized spacial score (nSPS) is 16.4. The second-order valence-electron chi connectivity index (χ2n) is 8.68. The molecule has 0 aliphatic carbocycles. The molecule has 182 valence electrons. The highest BCUT2D eigenvalue weighted by Crippen LogP contribution is 2.19. The van der Waals surface area contributed by atoms with Gasteiger partial charge in [0.1, 0.15) is 0 Å². The van der Waals surface area contributed by atoms with Crippen LogP contribution in [0.4, 0.5) is 0 Å². The monoisotopic (exact) mass is 463 g/mol. The molecule has 3 N–H and O–H groups in total. The summed E-state index contributed by atoms with van der Waals surface area (Å²) in [5.74, 6) is 0. The van der Waals surface area contributed by atoms with Crippen molar-refractivity contribution in [1.29, 1.82) is 0 Å². The molecule has 0 radical (unpaired) electrons. The molecule has 3 aromatic rings. The van der Waals surface area contributed by atoms with Crippen LogP contribution in [0.2, 0.25) is 0 Å². The van der Waals surface area contributed by atoms with E-state index in [2.05, 4.69) is 69.2 Å². The molecule has 0 spiro atoms. The third-order valence-corrected chi connectivity index (χ3v) is 6.18. The SMILES string of the molecule is CNC(NC(CCNCCc1ccccn1)N1CCOCC1)n1ccc(-c2cccc(C)c2)n1. The average molecular weight is 464 g/mol. The lowest BCUT2D eigenvalue weighted by molar-refractivity contribution is -0.00100. The van der Waals surface area contributed by atoms with Gasteiger partial charge in [-0.2, -0.15) is 5.10 Å². The lowest BCUT2D eigenvalue weighted by atomic mass is 10.1. The Kier molecular flexibility index (Phi) is 9.18. The van der Waals surface area contributed by atoms with Gasteiger partial charge in [0.2, 0.25) is 0 Å². The van der Waals surface area contributed by atoms with Crippen molar-refractivity contribution in [3.05, 3.63) is 72.2 Å². The van der Waals surface area contributed by atoms with Gasteiger partial charge in [0.15, 0.2) is 6.29 Å². The van der Waals surface area contributed by atoms with Gasteiger partial charge in [-0.15, -0.1) is 0 Å². The molecule has 8 nitrogen and oxygen atoms in total. The smallest absolute Gasteiger partial charge is 0.156 e. The molecule has 4 rings (SSSR count).